The van der Waals surface area contributed by atoms with Gasteiger partial charge in [-0.15, -0.1) is 10.2 Å². The minimum atomic E-state index is 0.837. The van der Waals surface area contributed by atoms with Crippen LogP contribution in [0.15, 0.2) is 72.1 Å². The van der Waals surface area contributed by atoms with Gasteiger partial charge in [-0.25, -0.2) is 4.68 Å². The highest BCUT2D eigenvalue weighted by atomic mass is 32.2. The SMILES string of the molecule is Cc1ccc(-n2c(C)nnc2SCc2ccc(-n3cccn3)cc2)cc1. The van der Waals surface area contributed by atoms with Crippen LogP contribution in [0.4, 0.5) is 0 Å². The van der Waals surface area contributed by atoms with Gasteiger partial charge in [0.2, 0.25) is 0 Å². The van der Waals surface area contributed by atoms with E-state index in [1.807, 2.05) is 23.9 Å². The van der Waals surface area contributed by atoms with Crippen LogP contribution in [-0.4, -0.2) is 24.5 Å². The predicted molar refractivity (Wildman–Crippen MR) is 104 cm³/mol. The number of nitrogens with zero attached hydrogens (tertiary/aromatic N) is 5. The zero-order chi connectivity index (χ0) is 17.9. The van der Waals surface area contributed by atoms with E-state index in [0.29, 0.717) is 0 Å². The predicted octanol–water partition coefficient (Wildman–Crippen LogP) is 4.36. The summed E-state index contributed by atoms with van der Waals surface area (Å²) in [6.45, 7) is 4.07. The fraction of sp³-hybridized carbons (Fsp3) is 0.150. The lowest BCUT2D eigenvalue weighted by atomic mass is 10.2. The number of aryl methyl sites for hydroxylation is 2. The molecule has 2 aromatic carbocycles. The molecule has 0 aliphatic rings. The second-order valence-corrected chi connectivity index (χ2v) is 7.05. The van der Waals surface area contributed by atoms with Crippen LogP contribution in [0.25, 0.3) is 11.4 Å². The number of rotatable bonds is 5. The third-order valence-corrected chi connectivity index (χ3v) is 5.16. The van der Waals surface area contributed by atoms with Crippen molar-refractivity contribution in [3.05, 3.63) is 83.9 Å². The average molecular weight is 361 g/mol. The molecule has 4 rings (SSSR count). The average Bonchev–Trinajstić information content (AvgIpc) is 3.31. The van der Waals surface area contributed by atoms with Crippen molar-refractivity contribution in [2.45, 2.75) is 24.8 Å². The zero-order valence-corrected chi connectivity index (χ0v) is 15.5. The van der Waals surface area contributed by atoms with E-state index in [2.05, 4.69) is 75.3 Å². The van der Waals surface area contributed by atoms with E-state index >= 15 is 0 Å². The number of hydrogen-bond donors (Lipinski definition) is 0. The summed E-state index contributed by atoms with van der Waals surface area (Å²) in [6.07, 6.45) is 3.72. The van der Waals surface area contributed by atoms with E-state index in [1.54, 1.807) is 18.0 Å². The lowest BCUT2D eigenvalue weighted by Gasteiger charge is -2.09. The van der Waals surface area contributed by atoms with E-state index < -0.39 is 0 Å². The summed E-state index contributed by atoms with van der Waals surface area (Å²) in [5, 5.41) is 13.8. The molecule has 0 unspecified atom stereocenters. The molecule has 26 heavy (non-hydrogen) atoms. The molecule has 4 aromatic rings. The molecule has 0 aliphatic carbocycles. The summed E-state index contributed by atoms with van der Waals surface area (Å²) in [5.41, 5.74) is 4.63. The Bertz CT molecular complexity index is 986. The third-order valence-electron chi connectivity index (χ3n) is 4.16. The van der Waals surface area contributed by atoms with Crippen LogP contribution in [0.5, 0.6) is 0 Å². The van der Waals surface area contributed by atoms with Crippen LogP contribution in [0, 0.1) is 13.8 Å². The highest BCUT2D eigenvalue weighted by Crippen LogP contribution is 2.25. The van der Waals surface area contributed by atoms with Gasteiger partial charge in [0.05, 0.1) is 5.69 Å². The molecule has 0 atom stereocenters. The Balaban J connectivity index is 1.51. The van der Waals surface area contributed by atoms with Crippen LogP contribution in [0.1, 0.15) is 17.0 Å². The third kappa shape index (κ3) is 3.41. The smallest absolute Gasteiger partial charge is 0.196 e. The molecule has 0 fully saturated rings. The van der Waals surface area contributed by atoms with Gasteiger partial charge >= 0.3 is 0 Å². The molecule has 0 saturated carbocycles. The molecule has 6 heteroatoms. The molecule has 130 valence electrons. The molecule has 0 aliphatic heterocycles. The van der Waals surface area contributed by atoms with Crippen LogP contribution >= 0.6 is 11.8 Å². The number of benzene rings is 2. The monoisotopic (exact) mass is 361 g/mol. The Labute approximate surface area is 156 Å². The van der Waals surface area contributed by atoms with Crippen LogP contribution in [0.2, 0.25) is 0 Å². The first kappa shape index (κ1) is 16.6. The molecule has 0 radical (unpaired) electrons. The lowest BCUT2D eigenvalue weighted by Crippen LogP contribution is -1.99. The molecule has 5 nitrogen and oxygen atoms in total. The summed E-state index contributed by atoms with van der Waals surface area (Å²) in [7, 11) is 0. The maximum atomic E-state index is 4.35. The van der Waals surface area contributed by atoms with Gasteiger partial charge < -0.3 is 0 Å². The van der Waals surface area contributed by atoms with E-state index in [-0.39, 0.29) is 0 Å². The number of thioether (sulfide) groups is 1. The van der Waals surface area contributed by atoms with Crippen molar-refractivity contribution in [1.29, 1.82) is 0 Å². The molecule has 0 N–H and O–H groups in total. The summed E-state index contributed by atoms with van der Waals surface area (Å²) < 4.78 is 3.95. The minimum absolute atomic E-state index is 0.837. The molecule has 0 bridgehead atoms. The molecule has 2 aromatic heterocycles. The Morgan fingerprint density at radius 3 is 2.31 bits per heavy atom. The zero-order valence-electron chi connectivity index (χ0n) is 14.7. The van der Waals surface area contributed by atoms with Crippen molar-refractivity contribution in [2.24, 2.45) is 0 Å². The van der Waals surface area contributed by atoms with Gasteiger partial charge in [0, 0.05) is 23.8 Å². The lowest BCUT2D eigenvalue weighted by molar-refractivity contribution is 0.867. The van der Waals surface area contributed by atoms with Gasteiger partial charge in [0.1, 0.15) is 5.82 Å². The first-order valence-electron chi connectivity index (χ1n) is 8.41. The largest absolute Gasteiger partial charge is 0.274 e. The molecule has 0 saturated heterocycles. The first-order valence-corrected chi connectivity index (χ1v) is 9.40. The standard InChI is InChI=1S/C20H19N5S/c1-15-4-8-19(9-5-15)25-16(2)22-23-20(25)26-14-17-6-10-18(11-7-17)24-13-3-12-21-24/h3-13H,14H2,1-2H3. The van der Waals surface area contributed by atoms with Gasteiger partial charge in [-0.3, -0.25) is 4.57 Å². The van der Waals surface area contributed by atoms with Crippen LogP contribution < -0.4 is 0 Å². The van der Waals surface area contributed by atoms with Gasteiger partial charge in [-0.05, 0) is 49.7 Å². The van der Waals surface area contributed by atoms with Crippen molar-refractivity contribution in [3.63, 3.8) is 0 Å². The van der Waals surface area contributed by atoms with E-state index in [9.17, 15) is 0 Å². The Morgan fingerprint density at radius 2 is 1.62 bits per heavy atom. The van der Waals surface area contributed by atoms with Crippen molar-refractivity contribution < 1.29 is 0 Å². The normalized spacial score (nSPS) is 11.0. The molecule has 2 heterocycles. The van der Waals surface area contributed by atoms with Crippen molar-refractivity contribution in [1.82, 2.24) is 24.5 Å². The fourth-order valence-corrected chi connectivity index (χ4v) is 3.70. The summed E-state index contributed by atoms with van der Waals surface area (Å²) in [5.74, 6) is 1.73. The van der Waals surface area contributed by atoms with E-state index in [4.69, 9.17) is 0 Å². The summed E-state index contributed by atoms with van der Waals surface area (Å²) >= 11 is 1.69. The molecular weight excluding hydrogens is 342 g/mol. The van der Waals surface area contributed by atoms with Crippen molar-refractivity contribution >= 4 is 11.8 Å². The first-order chi connectivity index (χ1) is 12.7. The van der Waals surface area contributed by atoms with E-state index in [1.165, 1.54) is 11.1 Å². The van der Waals surface area contributed by atoms with E-state index in [0.717, 1.165) is 28.1 Å². The topological polar surface area (TPSA) is 48.5 Å². The maximum absolute atomic E-state index is 4.35. The molecular formula is C20H19N5S. The Kier molecular flexibility index (Phi) is 4.58. The highest BCUT2D eigenvalue weighted by molar-refractivity contribution is 7.98. The summed E-state index contributed by atoms with van der Waals surface area (Å²) in [4.78, 5) is 0. The Hall–Kier alpha value is -2.86. The van der Waals surface area contributed by atoms with Gasteiger partial charge in [-0.2, -0.15) is 5.10 Å². The minimum Gasteiger partial charge on any atom is -0.274 e. The fourth-order valence-electron chi connectivity index (χ4n) is 2.74. The maximum Gasteiger partial charge on any atom is 0.196 e. The van der Waals surface area contributed by atoms with Gasteiger partial charge in [-0.1, -0.05) is 41.6 Å². The Morgan fingerprint density at radius 1 is 0.885 bits per heavy atom. The second-order valence-electron chi connectivity index (χ2n) is 6.11. The highest BCUT2D eigenvalue weighted by Gasteiger charge is 2.11. The summed E-state index contributed by atoms with van der Waals surface area (Å²) in [6, 6.07) is 18.8. The molecule has 0 spiro atoms. The van der Waals surface area contributed by atoms with Crippen molar-refractivity contribution in [3.8, 4) is 11.4 Å². The van der Waals surface area contributed by atoms with Crippen LogP contribution in [-0.2, 0) is 5.75 Å². The number of hydrogen-bond acceptors (Lipinski definition) is 4. The van der Waals surface area contributed by atoms with Crippen molar-refractivity contribution in [2.75, 3.05) is 0 Å². The van der Waals surface area contributed by atoms with Gasteiger partial charge in [0.25, 0.3) is 0 Å². The quantitative estimate of drug-likeness (QED) is 0.496. The van der Waals surface area contributed by atoms with Crippen LogP contribution in [0.3, 0.4) is 0 Å². The van der Waals surface area contributed by atoms with Gasteiger partial charge in [0.15, 0.2) is 5.16 Å². The number of aromatic nitrogens is 5. The second kappa shape index (κ2) is 7.17. The molecule has 0 amide bonds.